The zero-order valence-corrected chi connectivity index (χ0v) is 11.3. The molecular formula is C15H22N2O. The molecule has 3 nitrogen and oxygen atoms in total. The van der Waals surface area contributed by atoms with Gasteiger partial charge < -0.3 is 10.1 Å². The van der Waals surface area contributed by atoms with Gasteiger partial charge in [-0.05, 0) is 51.3 Å². The fourth-order valence-corrected chi connectivity index (χ4v) is 3.58. The highest BCUT2D eigenvalue weighted by atomic mass is 16.5. The van der Waals surface area contributed by atoms with Crippen molar-refractivity contribution in [1.82, 2.24) is 4.90 Å². The second-order valence-corrected chi connectivity index (χ2v) is 5.58. The van der Waals surface area contributed by atoms with Crippen molar-refractivity contribution in [2.45, 2.75) is 43.8 Å². The third-order valence-electron chi connectivity index (χ3n) is 4.69. The van der Waals surface area contributed by atoms with E-state index in [1.807, 2.05) is 12.1 Å². The van der Waals surface area contributed by atoms with Gasteiger partial charge in [-0.3, -0.25) is 4.90 Å². The van der Waals surface area contributed by atoms with E-state index in [-0.39, 0.29) is 5.66 Å². The number of ether oxygens (including phenoxy) is 1. The van der Waals surface area contributed by atoms with Crippen molar-refractivity contribution < 1.29 is 4.74 Å². The molecule has 18 heavy (non-hydrogen) atoms. The third-order valence-corrected chi connectivity index (χ3v) is 4.69. The molecule has 1 aromatic rings. The van der Waals surface area contributed by atoms with E-state index in [2.05, 4.69) is 29.4 Å². The first kappa shape index (κ1) is 11.8. The van der Waals surface area contributed by atoms with E-state index >= 15 is 0 Å². The molecule has 1 N–H and O–H groups in total. The highest BCUT2D eigenvalue weighted by Crippen LogP contribution is 2.43. The first-order chi connectivity index (χ1) is 8.73. The summed E-state index contributed by atoms with van der Waals surface area (Å²) in [5.41, 5.74) is 1.35. The molecule has 2 aliphatic rings. The van der Waals surface area contributed by atoms with Crippen LogP contribution >= 0.6 is 0 Å². The maximum Gasteiger partial charge on any atom is 0.120 e. The third kappa shape index (κ3) is 1.87. The summed E-state index contributed by atoms with van der Waals surface area (Å²) in [4.78, 5) is 2.55. The van der Waals surface area contributed by atoms with E-state index in [9.17, 15) is 0 Å². The molecule has 0 amide bonds. The van der Waals surface area contributed by atoms with Crippen LogP contribution in [0.25, 0.3) is 0 Å². The minimum atomic E-state index is 0.176. The Bertz CT molecular complexity index is 430. The molecule has 0 unspecified atom stereocenters. The number of anilines is 1. The molecule has 0 spiro atoms. The highest BCUT2D eigenvalue weighted by Gasteiger charge is 2.46. The van der Waals surface area contributed by atoms with Gasteiger partial charge in [0, 0.05) is 17.8 Å². The van der Waals surface area contributed by atoms with Crippen molar-refractivity contribution in [3.63, 3.8) is 0 Å². The monoisotopic (exact) mass is 246 g/mol. The number of nitrogens with zero attached hydrogens (tertiary/aromatic N) is 1. The molecule has 2 heterocycles. The summed E-state index contributed by atoms with van der Waals surface area (Å²) >= 11 is 0. The fraction of sp³-hybridized carbons (Fsp3) is 0.600. The van der Waals surface area contributed by atoms with Crippen LogP contribution in [0.1, 0.15) is 32.1 Å². The Kier molecular flexibility index (Phi) is 2.94. The van der Waals surface area contributed by atoms with Gasteiger partial charge in [-0.25, -0.2) is 0 Å². The first-order valence-electron chi connectivity index (χ1n) is 6.89. The first-order valence-corrected chi connectivity index (χ1v) is 6.89. The number of fused-ring (bicyclic) bond motifs is 2. The largest absolute Gasteiger partial charge is 0.497 e. The SMILES string of the molecule is COc1cccc(N[C@]23CCC[C@H](CC2)N3C)c1. The number of hydrogen-bond donors (Lipinski definition) is 1. The van der Waals surface area contributed by atoms with Crippen LogP contribution in [0.5, 0.6) is 5.75 Å². The van der Waals surface area contributed by atoms with Crippen LogP contribution in [-0.4, -0.2) is 30.8 Å². The lowest BCUT2D eigenvalue weighted by Gasteiger charge is -2.43. The van der Waals surface area contributed by atoms with Gasteiger partial charge in [-0.1, -0.05) is 6.07 Å². The Labute approximate surface area is 109 Å². The summed E-state index contributed by atoms with van der Waals surface area (Å²) in [7, 11) is 3.99. The topological polar surface area (TPSA) is 24.5 Å². The van der Waals surface area contributed by atoms with Crippen LogP contribution in [0.4, 0.5) is 5.69 Å². The predicted molar refractivity (Wildman–Crippen MR) is 74.0 cm³/mol. The van der Waals surface area contributed by atoms with Crippen molar-refractivity contribution in [1.29, 1.82) is 0 Å². The molecule has 98 valence electrons. The van der Waals surface area contributed by atoms with E-state index < -0.39 is 0 Å². The van der Waals surface area contributed by atoms with Crippen LogP contribution in [0, 0.1) is 0 Å². The number of piperidine rings is 1. The molecule has 0 aromatic heterocycles. The molecule has 2 saturated heterocycles. The van der Waals surface area contributed by atoms with E-state index in [0.29, 0.717) is 0 Å². The second kappa shape index (κ2) is 4.47. The van der Waals surface area contributed by atoms with E-state index in [0.717, 1.165) is 11.8 Å². The van der Waals surface area contributed by atoms with Crippen molar-refractivity contribution in [3.8, 4) is 5.75 Å². The molecule has 2 fully saturated rings. The zero-order valence-electron chi connectivity index (χ0n) is 11.3. The number of rotatable bonds is 3. The molecule has 3 heteroatoms. The van der Waals surface area contributed by atoms with Crippen molar-refractivity contribution in [2.75, 3.05) is 19.5 Å². The molecule has 0 radical (unpaired) electrons. The van der Waals surface area contributed by atoms with Gasteiger partial charge in [0.1, 0.15) is 5.75 Å². The molecule has 3 rings (SSSR count). The quantitative estimate of drug-likeness (QED) is 0.887. The lowest BCUT2D eigenvalue weighted by molar-refractivity contribution is 0.106. The maximum absolute atomic E-state index is 5.29. The van der Waals surface area contributed by atoms with Gasteiger partial charge in [-0.2, -0.15) is 0 Å². The van der Waals surface area contributed by atoms with Crippen LogP contribution in [0.15, 0.2) is 24.3 Å². The van der Waals surface area contributed by atoms with Gasteiger partial charge in [0.05, 0.1) is 12.8 Å². The van der Waals surface area contributed by atoms with E-state index in [1.165, 1.54) is 37.8 Å². The van der Waals surface area contributed by atoms with Crippen molar-refractivity contribution >= 4 is 5.69 Å². The van der Waals surface area contributed by atoms with E-state index in [4.69, 9.17) is 4.74 Å². The normalized spacial score (nSPS) is 31.3. The summed E-state index contributed by atoms with van der Waals surface area (Å²) in [5, 5.41) is 3.76. The van der Waals surface area contributed by atoms with Gasteiger partial charge in [0.2, 0.25) is 0 Å². The Balaban J connectivity index is 1.82. The molecule has 2 atom stereocenters. The number of nitrogens with one attached hydrogen (secondary N) is 1. The zero-order chi connectivity index (χ0) is 12.6. The van der Waals surface area contributed by atoms with Crippen molar-refractivity contribution in [2.24, 2.45) is 0 Å². The summed E-state index contributed by atoms with van der Waals surface area (Å²) in [6.45, 7) is 0. The van der Waals surface area contributed by atoms with Crippen LogP contribution < -0.4 is 10.1 Å². The molecular weight excluding hydrogens is 224 g/mol. The summed E-state index contributed by atoms with van der Waals surface area (Å²) in [6.07, 6.45) is 6.53. The molecule has 0 aliphatic carbocycles. The molecule has 0 saturated carbocycles. The van der Waals surface area contributed by atoms with E-state index in [1.54, 1.807) is 7.11 Å². The summed E-state index contributed by atoms with van der Waals surface area (Å²) in [5.74, 6) is 0.921. The smallest absolute Gasteiger partial charge is 0.120 e. The number of methoxy groups -OCH3 is 1. The Morgan fingerprint density at radius 3 is 3.06 bits per heavy atom. The van der Waals surface area contributed by atoms with Gasteiger partial charge >= 0.3 is 0 Å². The predicted octanol–water partition coefficient (Wildman–Crippen LogP) is 3.08. The fourth-order valence-electron chi connectivity index (χ4n) is 3.58. The minimum absolute atomic E-state index is 0.176. The standard InChI is InChI=1S/C15H22N2O/c1-17-13-6-4-9-15(17,10-8-13)16-12-5-3-7-14(11-12)18-2/h3,5,7,11,13,16H,4,6,8-10H2,1-2H3/t13-,15+/m1/s1. The van der Waals surface area contributed by atoms with Gasteiger partial charge in [0.25, 0.3) is 0 Å². The summed E-state index contributed by atoms with van der Waals surface area (Å²) in [6, 6.07) is 9.03. The summed E-state index contributed by atoms with van der Waals surface area (Å²) < 4.78 is 5.29. The maximum atomic E-state index is 5.29. The van der Waals surface area contributed by atoms with Gasteiger partial charge in [-0.15, -0.1) is 0 Å². The van der Waals surface area contributed by atoms with Crippen LogP contribution in [0.3, 0.4) is 0 Å². The van der Waals surface area contributed by atoms with Gasteiger partial charge in [0.15, 0.2) is 0 Å². The lowest BCUT2D eigenvalue weighted by atomic mass is 9.97. The lowest BCUT2D eigenvalue weighted by Crippen LogP contribution is -2.53. The van der Waals surface area contributed by atoms with Crippen molar-refractivity contribution in [3.05, 3.63) is 24.3 Å². The Hall–Kier alpha value is -1.22. The Morgan fingerprint density at radius 1 is 1.33 bits per heavy atom. The molecule has 1 aromatic carbocycles. The average Bonchev–Trinajstić information content (AvgIpc) is 2.59. The highest BCUT2D eigenvalue weighted by molar-refractivity contribution is 5.50. The number of benzene rings is 1. The second-order valence-electron chi connectivity index (χ2n) is 5.58. The molecule has 2 bridgehead atoms. The Morgan fingerprint density at radius 2 is 2.22 bits per heavy atom. The van der Waals surface area contributed by atoms with Crippen LogP contribution in [0.2, 0.25) is 0 Å². The molecule has 2 aliphatic heterocycles. The average molecular weight is 246 g/mol. The minimum Gasteiger partial charge on any atom is -0.497 e. The number of hydrogen-bond acceptors (Lipinski definition) is 3. The van der Waals surface area contributed by atoms with Crippen LogP contribution in [-0.2, 0) is 0 Å².